The Morgan fingerprint density at radius 2 is 2.12 bits per heavy atom. The lowest BCUT2D eigenvalue weighted by atomic mass is 10.1. The highest BCUT2D eigenvalue weighted by Gasteiger charge is 2.29. The zero-order chi connectivity index (χ0) is 17.3. The van der Waals surface area contributed by atoms with Crippen molar-refractivity contribution in [2.75, 3.05) is 11.1 Å². The van der Waals surface area contributed by atoms with Crippen LogP contribution < -0.4 is 10.9 Å². The van der Waals surface area contributed by atoms with Crippen molar-refractivity contribution >= 4 is 23.4 Å². The number of para-hydroxylation sites is 1. The predicted octanol–water partition coefficient (Wildman–Crippen LogP) is 3.10. The number of nitrogens with zero attached hydrogens (tertiary/aromatic N) is 2. The van der Waals surface area contributed by atoms with Crippen LogP contribution in [0.1, 0.15) is 36.2 Å². The van der Waals surface area contributed by atoms with Crippen LogP contribution >= 0.6 is 11.8 Å². The van der Waals surface area contributed by atoms with Gasteiger partial charge in [-0.3, -0.25) is 14.2 Å². The van der Waals surface area contributed by atoms with Crippen LogP contribution in [0, 0.1) is 13.8 Å². The summed E-state index contributed by atoms with van der Waals surface area (Å²) < 4.78 is 1.70. The van der Waals surface area contributed by atoms with Crippen molar-refractivity contribution in [3.63, 3.8) is 0 Å². The summed E-state index contributed by atoms with van der Waals surface area (Å²) in [6.07, 6.45) is 0.937. The number of thioether (sulfide) groups is 1. The number of hydrogen-bond donors (Lipinski definition) is 1. The van der Waals surface area contributed by atoms with E-state index in [0.29, 0.717) is 12.2 Å². The molecule has 6 heteroatoms. The van der Waals surface area contributed by atoms with E-state index in [1.165, 1.54) is 0 Å². The molecule has 1 amide bonds. The average molecular weight is 343 g/mol. The molecule has 5 nitrogen and oxygen atoms in total. The van der Waals surface area contributed by atoms with E-state index in [1.807, 2.05) is 45.0 Å². The van der Waals surface area contributed by atoms with Crippen molar-refractivity contribution in [3.8, 4) is 0 Å². The molecule has 0 fully saturated rings. The molecular weight excluding hydrogens is 322 g/mol. The van der Waals surface area contributed by atoms with E-state index >= 15 is 0 Å². The molecule has 1 unspecified atom stereocenters. The van der Waals surface area contributed by atoms with E-state index in [-0.39, 0.29) is 23.9 Å². The first-order valence-electron chi connectivity index (χ1n) is 8.11. The van der Waals surface area contributed by atoms with Crippen LogP contribution in [0.3, 0.4) is 0 Å². The number of benzene rings is 1. The van der Waals surface area contributed by atoms with Crippen LogP contribution in [0.4, 0.5) is 5.69 Å². The second-order valence-corrected chi connectivity index (χ2v) is 7.01. The highest BCUT2D eigenvalue weighted by Crippen LogP contribution is 2.32. The van der Waals surface area contributed by atoms with Gasteiger partial charge in [-0.1, -0.05) is 36.9 Å². The molecule has 0 aliphatic carbocycles. The lowest BCUT2D eigenvalue weighted by Crippen LogP contribution is -2.30. The fourth-order valence-electron chi connectivity index (χ4n) is 3.01. The number of aromatic nitrogens is 2. The maximum absolute atomic E-state index is 12.7. The molecule has 24 heavy (non-hydrogen) atoms. The minimum absolute atomic E-state index is 0.00121. The number of rotatable bonds is 4. The maximum atomic E-state index is 12.7. The lowest BCUT2D eigenvalue weighted by Gasteiger charge is -2.15. The van der Waals surface area contributed by atoms with Gasteiger partial charge in [0.2, 0.25) is 5.91 Å². The van der Waals surface area contributed by atoms with Crippen LogP contribution in [0.25, 0.3) is 0 Å². The van der Waals surface area contributed by atoms with Gasteiger partial charge in [-0.15, -0.1) is 0 Å². The van der Waals surface area contributed by atoms with E-state index in [2.05, 4.69) is 10.3 Å². The normalized spacial score (nSPS) is 16.0. The third-order valence-corrected chi connectivity index (χ3v) is 5.44. The first-order chi connectivity index (χ1) is 11.5. The molecule has 2 aromatic rings. The quantitative estimate of drug-likeness (QED) is 0.867. The van der Waals surface area contributed by atoms with Crippen LogP contribution in [-0.2, 0) is 11.2 Å². The molecular formula is C18H21N3O2S. The van der Waals surface area contributed by atoms with Crippen molar-refractivity contribution in [1.82, 2.24) is 9.55 Å². The van der Waals surface area contributed by atoms with E-state index in [0.717, 1.165) is 27.7 Å². The molecule has 2 heterocycles. The summed E-state index contributed by atoms with van der Waals surface area (Å²) in [5.41, 5.74) is 3.38. The number of fused-ring (bicyclic) bond motifs is 1. The molecule has 3 rings (SSSR count). The number of anilines is 1. The summed E-state index contributed by atoms with van der Waals surface area (Å²) in [7, 11) is 0. The SMILES string of the molecule is CCc1c(C)nc2n(c1=O)C(CC(=O)Nc1ccccc1C)CS2. The molecule has 1 aromatic heterocycles. The Morgan fingerprint density at radius 1 is 1.38 bits per heavy atom. The minimum Gasteiger partial charge on any atom is -0.326 e. The molecule has 1 N–H and O–H groups in total. The Bertz CT molecular complexity index is 845. The molecule has 1 aliphatic rings. The summed E-state index contributed by atoms with van der Waals surface area (Å²) in [6, 6.07) is 7.54. The third-order valence-electron chi connectivity index (χ3n) is 4.35. The number of hydrogen-bond acceptors (Lipinski definition) is 4. The van der Waals surface area contributed by atoms with Crippen LogP contribution in [-0.4, -0.2) is 21.2 Å². The zero-order valence-corrected chi connectivity index (χ0v) is 14.9. The average Bonchev–Trinajstić information content (AvgIpc) is 2.92. The molecule has 0 bridgehead atoms. The summed E-state index contributed by atoms with van der Waals surface area (Å²) in [6.45, 7) is 5.79. The molecule has 1 atom stereocenters. The van der Waals surface area contributed by atoms with E-state index in [9.17, 15) is 9.59 Å². The highest BCUT2D eigenvalue weighted by atomic mass is 32.2. The molecule has 1 aromatic carbocycles. The molecule has 0 saturated carbocycles. The van der Waals surface area contributed by atoms with E-state index in [4.69, 9.17) is 0 Å². The van der Waals surface area contributed by atoms with Crippen molar-refractivity contribution in [2.24, 2.45) is 0 Å². The Balaban J connectivity index is 1.81. The first kappa shape index (κ1) is 16.8. The number of amides is 1. The van der Waals surface area contributed by atoms with Crippen LogP contribution in [0.5, 0.6) is 0 Å². The van der Waals surface area contributed by atoms with Gasteiger partial charge in [-0.2, -0.15) is 0 Å². The van der Waals surface area contributed by atoms with Crippen molar-refractivity contribution in [3.05, 3.63) is 51.4 Å². The van der Waals surface area contributed by atoms with Gasteiger partial charge in [0.25, 0.3) is 5.56 Å². The highest BCUT2D eigenvalue weighted by molar-refractivity contribution is 7.99. The standard InChI is InChI=1S/C18H21N3O2S/c1-4-14-12(3)19-18-21(17(14)23)13(10-24-18)9-16(22)20-15-8-6-5-7-11(15)2/h5-8,13H,4,9-10H2,1-3H3,(H,20,22). The third kappa shape index (κ3) is 3.11. The monoisotopic (exact) mass is 343 g/mol. The van der Waals surface area contributed by atoms with Gasteiger partial charge in [-0.25, -0.2) is 4.98 Å². The first-order valence-corrected chi connectivity index (χ1v) is 9.10. The predicted molar refractivity (Wildman–Crippen MR) is 96.8 cm³/mol. The Labute approximate surface area is 145 Å². The van der Waals surface area contributed by atoms with Gasteiger partial charge < -0.3 is 5.32 Å². The summed E-state index contributed by atoms with van der Waals surface area (Å²) in [4.78, 5) is 29.6. The molecule has 0 radical (unpaired) electrons. The second kappa shape index (κ2) is 6.81. The van der Waals surface area contributed by atoms with Gasteiger partial charge >= 0.3 is 0 Å². The summed E-state index contributed by atoms with van der Waals surface area (Å²) in [5.74, 6) is 0.629. The molecule has 0 saturated heterocycles. The number of carbonyl (C=O) groups is 1. The number of aryl methyl sites for hydroxylation is 2. The van der Waals surface area contributed by atoms with E-state index in [1.54, 1.807) is 16.3 Å². The fourth-order valence-corrected chi connectivity index (χ4v) is 4.19. The minimum atomic E-state index is -0.139. The van der Waals surface area contributed by atoms with Gasteiger partial charge in [-0.05, 0) is 31.9 Å². The van der Waals surface area contributed by atoms with Crippen molar-refractivity contribution < 1.29 is 4.79 Å². The zero-order valence-electron chi connectivity index (χ0n) is 14.1. The van der Waals surface area contributed by atoms with Gasteiger partial charge in [0, 0.05) is 29.1 Å². The summed E-state index contributed by atoms with van der Waals surface area (Å²) >= 11 is 1.55. The van der Waals surface area contributed by atoms with Crippen LogP contribution in [0.2, 0.25) is 0 Å². The smallest absolute Gasteiger partial charge is 0.257 e. The van der Waals surface area contributed by atoms with Gasteiger partial charge in [0.1, 0.15) is 0 Å². The van der Waals surface area contributed by atoms with Gasteiger partial charge in [0.15, 0.2) is 5.16 Å². The number of nitrogens with one attached hydrogen (secondary N) is 1. The summed E-state index contributed by atoms with van der Waals surface area (Å²) in [5, 5.41) is 3.67. The van der Waals surface area contributed by atoms with Crippen LogP contribution in [0.15, 0.2) is 34.2 Å². The Kier molecular flexibility index (Phi) is 4.76. The topological polar surface area (TPSA) is 64.0 Å². The second-order valence-electron chi connectivity index (χ2n) is 6.02. The molecule has 0 spiro atoms. The number of carbonyl (C=O) groups excluding carboxylic acids is 1. The fraction of sp³-hybridized carbons (Fsp3) is 0.389. The van der Waals surface area contributed by atoms with E-state index < -0.39 is 0 Å². The largest absolute Gasteiger partial charge is 0.326 e. The lowest BCUT2D eigenvalue weighted by molar-refractivity contribution is -0.116. The van der Waals surface area contributed by atoms with Gasteiger partial charge in [0.05, 0.1) is 6.04 Å². The Hall–Kier alpha value is -2.08. The van der Waals surface area contributed by atoms with Crippen molar-refractivity contribution in [1.29, 1.82) is 0 Å². The van der Waals surface area contributed by atoms with Crippen molar-refractivity contribution in [2.45, 2.75) is 44.8 Å². The molecule has 1 aliphatic heterocycles. The molecule has 126 valence electrons. The maximum Gasteiger partial charge on any atom is 0.257 e. The Morgan fingerprint density at radius 3 is 2.83 bits per heavy atom.